The number of hydrogen-bond donors (Lipinski definition) is 2. The molecule has 0 aliphatic carbocycles. The van der Waals surface area contributed by atoms with Crippen LogP contribution >= 0.6 is 22.6 Å². The van der Waals surface area contributed by atoms with E-state index in [4.69, 9.17) is 0 Å². The first-order valence-electron chi connectivity index (χ1n) is 6.86. The van der Waals surface area contributed by atoms with Crippen molar-refractivity contribution in [1.29, 1.82) is 0 Å². The number of benzene rings is 2. The van der Waals surface area contributed by atoms with E-state index in [2.05, 4.69) is 33.2 Å². The monoisotopic (exact) mass is 407 g/mol. The van der Waals surface area contributed by atoms with E-state index in [0.717, 1.165) is 9.26 Å². The Balaban J connectivity index is 1.71. The molecule has 0 unspecified atom stereocenters. The Kier molecular flexibility index (Phi) is 4.28. The van der Waals surface area contributed by atoms with Crippen LogP contribution < -0.4 is 15.5 Å². The molecule has 2 aromatic carbocycles. The summed E-state index contributed by atoms with van der Waals surface area (Å²) in [7, 11) is 0. The van der Waals surface area contributed by atoms with Gasteiger partial charge >= 0.3 is 6.03 Å². The molecule has 6 heteroatoms. The van der Waals surface area contributed by atoms with Gasteiger partial charge in [0.2, 0.25) is 0 Å². The lowest BCUT2D eigenvalue weighted by atomic mass is 10.2. The second-order valence-corrected chi connectivity index (χ2v) is 6.14. The molecule has 1 heterocycles. The van der Waals surface area contributed by atoms with Crippen molar-refractivity contribution in [3.8, 4) is 0 Å². The third-order valence-corrected chi connectivity index (χ3v) is 4.05. The molecule has 1 saturated heterocycles. The fraction of sp³-hybridized carbons (Fsp3) is 0.125. The Morgan fingerprint density at radius 3 is 2.59 bits per heavy atom. The minimum absolute atomic E-state index is 0.0874. The Bertz CT molecular complexity index is 716. The number of nitrogens with one attached hydrogen (secondary N) is 2. The quantitative estimate of drug-likeness (QED) is 0.769. The minimum Gasteiger partial charge on any atom is -0.336 e. The van der Waals surface area contributed by atoms with Gasteiger partial charge in [-0.1, -0.05) is 6.07 Å². The maximum Gasteiger partial charge on any atom is 0.321 e. The molecule has 2 N–H and O–H groups in total. The highest BCUT2D eigenvalue weighted by molar-refractivity contribution is 14.1. The number of carbonyl (C=O) groups is 2. The van der Waals surface area contributed by atoms with Crippen molar-refractivity contribution in [2.45, 2.75) is 0 Å². The zero-order chi connectivity index (χ0) is 15.5. The molecule has 2 aromatic rings. The van der Waals surface area contributed by atoms with Crippen LogP contribution in [0.2, 0.25) is 0 Å². The molecule has 0 spiro atoms. The fourth-order valence-corrected chi connectivity index (χ4v) is 2.82. The number of halogens is 1. The molecule has 0 aromatic heterocycles. The third kappa shape index (κ3) is 3.22. The summed E-state index contributed by atoms with van der Waals surface area (Å²) in [5, 5.41) is 5.61. The molecule has 5 nitrogen and oxygen atoms in total. The molecule has 1 aliphatic rings. The molecule has 1 fully saturated rings. The van der Waals surface area contributed by atoms with Gasteiger partial charge < -0.3 is 10.6 Å². The molecule has 3 amide bonds. The highest BCUT2D eigenvalue weighted by Crippen LogP contribution is 2.20. The predicted octanol–water partition coefficient (Wildman–Crippen LogP) is 3.07. The van der Waals surface area contributed by atoms with Gasteiger partial charge in [0.1, 0.15) is 0 Å². The van der Waals surface area contributed by atoms with E-state index in [-0.39, 0.29) is 11.9 Å². The summed E-state index contributed by atoms with van der Waals surface area (Å²) < 4.78 is 1.01. The van der Waals surface area contributed by atoms with Crippen LogP contribution in [-0.4, -0.2) is 25.0 Å². The minimum atomic E-state index is -0.148. The largest absolute Gasteiger partial charge is 0.336 e. The van der Waals surface area contributed by atoms with Crippen molar-refractivity contribution in [2.24, 2.45) is 0 Å². The molecule has 112 valence electrons. The van der Waals surface area contributed by atoms with Crippen LogP contribution in [0.5, 0.6) is 0 Å². The topological polar surface area (TPSA) is 61.4 Å². The lowest BCUT2D eigenvalue weighted by Crippen LogP contribution is -2.27. The Hall–Kier alpha value is -2.09. The van der Waals surface area contributed by atoms with E-state index >= 15 is 0 Å². The summed E-state index contributed by atoms with van der Waals surface area (Å²) in [6.07, 6.45) is 0. The van der Waals surface area contributed by atoms with Gasteiger partial charge in [-0.2, -0.15) is 0 Å². The zero-order valence-corrected chi connectivity index (χ0v) is 13.8. The standard InChI is InChI=1S/C16H14IN3O2/c17-12-3-1-2-11(10-12)15(21)19-13-4-6-14(7-5-13)20-9-8-18-16(20)22/h1-7,10H,8-9H2,(H,18,22)(H,19,21). The van der Waals surface area contributed by atoms with Crippen molar-refractivity contribution in [3.05, 3.63) is 57.7 Å². The maximum atomic E-state index is 12.2. The number of carbonyl (C=O) groups excluding carboxylic acids is 2. The second kappa shape index (κ2) is 6.35. The summed E-state index contributed by atoms with van der Waals surface area (Å²) in [5.41, 5.74) is 2.14. The van der Waals surface area contributed by atoms with E-state index in [1.165, 1.54) is 0 Å². The Morgan fingerprint density at radius 1 is 1.18 bits per heavy atom. The lowest BCUT2D eigenvalue weighted by molar-refractivity contribution is 0.102. The highest BCUT2D eigenvalue weighted by Gasteiger charge is 2.20. The van der Waals surface area contributed by atoms with Gasteiger partial charge in [-0.3, -0.25) is 9.69 Å². The summed E-state index contributed by atoms with van der Waals surface area (Å²) in [6, 6.07) is 14.6. The molecule has 0 saturated carbocycles. The first-order valence-corrected chi connectivity index (χ1v) is 7.94. The SMILES string of the molecule is O=C(Nc1ccc(N2CCNC2=O)cc1)c1cccc(I)c1. The first kappa shape index (κ1) is 14.8. The Morgan fingerprint density at radius 2 is 1.95 bits per heavy atom. The van der Waals surface area contributed by atoms with Crippen molar-refractivity contribution in [1.82, 2.24) is 5.32 Å². The molecular formula is C16H14IN3O2. The average molecular weight is 407 g/mol. The van der Waals surface area contributed by atoms with Crippen LogP contribution in [0, 0.1) is 3.57 Å². The number of urea groups is 1. The van der Waals surface area contributed by atoms with Crippen LogP contribution in [0.15, 0.2) is 48.5 Å². The molecule has 3 rings (SSSR count). The van der Waals surface area contributed by atoms with Crippen molar-refractivity contribution in [2.75, 3.05) is 23.3 Å². The lowest BCUT2D eigenvalue weighted by Gasteiger charge is -2.14. The molecular weight excluding hydrogens is 393 g/mol. The van der Waals surface area contributed by atoms with Crippen LogP contribution in [0.4, 0.5) is 16.2 Å². The maximum absolute atomic E-state index is 12.2. The number of rotatable bonds is 3. The Labute approximate surface area is 141 Å². The average Bonchev–Trinajstić information content (AvgIpc) is 2.94. The van der Waals surface area contributed by atoms with Gasteiger partial charge in [-0.15, -0.1) is 0 Å². The normalized spacial score (nSPS) is 13.9. The van der Waals surface area contributed by atoms with Gasteiger partial charge in [0.25, 0.3) is 5.91 Å². The predicted molar refractivity (Wildman–Crippen MR) is 94.3 cm³/mol. The number of anilines is 2. The van der Waals surface area contributed by atoms with E-state index in [9.17, 15) is 9.59 Å². The molecule has 0 radical (unpaired) electrons. The van der Waals surface area contributed by atoms with E-state index in [1.807, 2.05) is 30.3 Å². The molecule has 0 atom stereocenters. The van der Waals surface area contributed by atoms with Gasteiger partial charge in [0, 0.05) is 33.6 Å². The first-order chi connectivity index (χ1) is 10.6. The van der Waals surface area contributed by atoms with Crippen molar-refractivity contribution in [3.63, 3.8) is 0 Å². The third-order valence-electron chi connectivity index (χ3n) is 3.38. The zero-order valence-electron chi connectivity index (χ0n) is 11.7. The number of amides is 3. The van der Waals surface area contributed by atoms with Crippen LogP contribution in [0.3, 0.4) is 0 Å². The summed E-state index contributed by atoms with van der Waals surface area (Å²) in [6.45, 7) is 1.32. The molecule has 22 heavy (non-hydrogen) atoms. The highest BCUT2D eigenvalue weighted by atomic mass is 127. The van der Waals surface area contributed by atoms with E-state index < -0.39 is 0 Å². The van der Waals surface area contributed by atoms with Crippen molar-refractivity contribution >= 4 is 45.9 Å². The van der Waals surface area contributed by atoms with Crippen LogP contribution in [0.25, 0.3) is 0 Å². The van der Waals surface area contributed by atoms with Gasteiger partial charge in [0.15, 0.2) is 0 Å². The fourth-order valence-electron chi connectivity index (χ4n) is 2.28. The smallest absolute Gasteiger partial charge is 0.321 e. The summed E-state index contributed by atoms with van der Waals surface area (Å²) in [4.78, 5) is 25.4. The molecule has 1 aliphatic heterocycles. The van der Waals surface area contributed by atoms with Gasteiger partial charge in [0.05, 0.1) is 0 Å². The molecule has 0 bridgehead atoms. The van der Waals surface area contributed by atoms with E-state index in [0.29, 0.717) is 24.3 Å². The van der Waals surface area contributed by atoms with Crippen LogP contribution in [-0.2, 0) is 0 Å². The summed E-state index contributed by atoms with van der Waals surface area (Å²) in [5.74, 6) is -0.148. The number of nitrogens with zero attached hydrogens (tertiary/aromatic N) is 1. The number of hydrogen-bond acceptors (Lipinski definition) is 2. The van der Waals surface area contributed by atoms with Crippen LogP contribution in [0.1, 0.15) is 10.4 Å². The van der Waals surface area contributed by atoms with Gasteiger partial charge in [-0.05, 0) is 65.1 Å². The second-order valence-electron chi connectivity index (χ2n) is 4.89. The van der Waals surface area contributed by atoms with Gasteiger partial charge in [-0.25, -0.2) is 4.79 Å². The van der Waals surface area contributed by atoms with E-state index in [1.54, 1.807) is 23.1 Å². The van der Waals surface area contributed by atoms with Crippen molar-refractivity contribution < 1.29 is 9.59 Å². The summed E-state index contributed by atoms with van der Waals surface area (Å²) >= 11 is 2.17.